The van der Waals surface area contributed by atoms with Crippen molar-refractivity contribution in [3.63, 3.8) is 0 Å². The minimum atomic E-state index is -4.46. The van der Waals surface area contributed by atoms with Gasteiger partial charge < -0.3 is 0 Å². The van der Waals surface area contributed by atoms with Gasteiger partial charge in [-0.05, 0) is 13.0 Å². The first kappa shape index (κ1) is 15.5. The van der Waals surface area contributed by atoms with Gasteiger partial charge in [0.1, 0.15) is 6.33 Å². The average Bonchev–Trinajstić information content (AvgIpc) is 3.23. The topological polar surface area (TPSA) is 89.6 Å². The number of rotatable bonds is 3. The molecule has 1 N–H and O–H groups in total. The lowest BCUT2D eigenvalue weighted by Gasteiger charge is -2.09. The molecule has 0 aliphatic rings. The highest BCUT2D eigenvalue weighted by molar-refractivity contribution is 5.87. The van der Waals surface area contributed by atoms with Crippen LogP contribution in [0.4, 0.5) is 13.2 Å². The second kappa shape index (κ2) is 5.26. The summed E-state index contributed by atoms with van der Waals surface area (Å²) in [7, 11) is 0. The molecule has 11 heteroatoms. The van der Waals surface area contributed by atoms with Gasteiger partial charge in [-0.2, -0.15) is 23.4 Å². The quantitative estimate of drug-likeness (QED) is 0.612. The summed E-state index contributed by atoms with van der Waals surface area (Å²) in [6.45, 7) is 3.66. The van der Waals surface area contributed by atoms with E-state index in [1.807, 2.05) is 6.92 Å². The van der Waals surface area contributed by atoms with E-state index >= 15 is 0 Å². The summed E-state index contributed by atoms with van der Waals surface area (Å²) in [5.41, 5.74) is 0.719. The van der Waals surface area contributed by atoms with Gasteiger partial charge in [0.05, 0.1) is 18.1 Å². The van der Waals surface area contributed by atoms with Crippen LogP contribution >= 0.6 is 0 Å². The maximum atomic E-state index is 12.8. The molecule has 4 rings (SSSR count). The number of halogens is 3. The van der Waals surface area contributed by atoms with Gasteiger partial charge in [0.15, 0.2) is 22.8 Å². The molecule has 0 spiro atoms. The van der Waals surface area contributed by atoms with Crippen LogP contribution in [0.15, 0.2) is 18.6 Å². The highest BCUT2D eigenvalue weighted by atomic mass is 19.4. The van der Waals surface area contributed by atoms with Gasteiger partial charge in [-0.15, -0.1) is 5.10 Å². The molecular formula is C14H13F3N8. The van der Waals surface area contributed by atoms with Gasteiger partial charge in [0, 0.05) is 11.6 Å². The smallest absolute Gasteiger partial charge is 0.269 e. The molecule has 0 aliphatic heterocycles. The van der Waals surface area contributed by atoms with Crippen molar-refractivity contribution < 1.29 is 13.2 Å². The number of H-pyrrole nitrogens is 1. The molecular weight excluding hydrogens is 337 g/mol. The number of fused-ring (bicyclic) bond motifs is 3. The van der Waals surface area contributed by atoms with Crippen LogP contribution in [0.3, 0.4) is 0 Å². The van der Waals surface area contributed by atoms with Gasteiger partial charge in [0.25, 0.3) is 0 Å². The highest BCUT2D eigenvalue weighted by Crippen LogP contribution is 2.29. The first-order chi connectivity index (χ1) is 11.8. The highest BCUT2D eigenvalue weighted by Gasteiger charge is 2.34. The molecule has 25 heavy (non-hydrogen) atoms. The largest absolute Gasteiger partial charge is 0.435 e. The molecule has 0 saturated carbocycles. The normalized spacial score (nSPS) is 13.8. The summed E-state index contributed by atoms with van der Waals surface area (Å²) in [4.78, 5) is 8.65. The Balaban J connectivity index is 1.66. The number of aromatic amines is 1. The summed E-state index contributed by atoms with van der Waals surface area (Å²) in [5, 5.41) is 15.4. The zero-order valence-electron chi connectivity index (χ0n) is 13.3. The predicted octanol–water partition coefficient (Wildman–Crippen LogP) is 2.33. The molecule has 0 amide bonds. The molecule has 0 aliphatic carbocycles. The summed E-state index contributed by atoms with van der Waals surface area (Å²) in [5.74, 6) is 0.264. The first-order valence-electron chi connectivity index (χ1n) is 7.49. The van der Waals surface area contributed by atoms with E-state index in [0.29, 0.717) is 22.8 Å². The van der Waals surface area contributed by atoms with Crippen molar-refractivity contribution in [3.05, 3.63) is 35.8 Å². The van der Waals surface area contributed by atoms with Crippen molar-refractivity contribution in [2.45, 2.75) is 32.5 Å². The summed E-state index contributed by atoms with van der Waals surface area (Å²) in [6.07, 6.45) is -1.34. The van der Waals surface area contributed by atoms with Crippen LogP contribution in [0.25, 0.3) is 16.7 Å². The zero-order valence-corrected chi connectivity index (χ0v) is 13.3. The fourth-order valence-electron chi connectivity index (χ4n) is 2.64. The van der Waals surface area contributed by atoms with Crippen LogP contribution in [0.1, 0.15) is 30.1 Å². The maximum absolute atomic E-state index is 12.8. The number of nitrogens with zero attached hydrogens (tertiary/aromatic N) is 7. The van der Waals surface area contributed by atoms with Gasteiger partial charge >= 0.3 is 6.18 Å². The van der Waals surface area contributed by atoms with E-state index < -0.39 is 11.9 Å². The van der Waals surface area contributed by atoms with Crippen LogP contribution in [0.5, 0.6) is 0 Å². The first-order valence-corrected chi connectivity index (χ1v) is 7.49. The van der Waals surface area contributed by atoms with Crippen LogP contribution in [-0.4, -0.2) is 39.6 Å². The van der Waals surface area contributed by atoms with Gasteiger partial charge in [-0.25, -0.2) is 14.5 Å². The predicted molar refractivity (Wildman–Crippen MR) is 80.8 cm³/mol. The number of hydrogen-bond donors (Lipinski definition) is 1. The minimum absolute atomic E-state index is 0.235. The third kappa shape index (κ3) is 2.61. The fourth-order valence-corrected chi connectivity index (χ4v) is 2.64. The van der Waals surface area contributed by atoms with Crippen molar-refractivity contribution in [3.8, 4) is 0 Å². The fraction of sp³-hybridized carbons (Fsp3) is 0.357. The van der Waals surface area contributed by atoms with E-state index in [1.54, 1.807) is 13.1 Å². The van der Waals surface area contributed by atoms with Crippen LogP contribution in [0.2, 0.25) is 0 Å². The van der Waals surface area contributed by atoms with Crippen molar-refractivity contribution >= 4 is 16.7 Å². The van der Waals surface area contributed by atoms with Crippen molar-refractivity contribution in [1.29, 1.82) is 0 Å². The zero-order chi connectivity index (χ0) is 17.8. The lowest BCUT2D eigenvalue weighted by atomic mass is 10.1. The maximum Gasteiger partial charge on any atom is 0.435 e. The molecule has 0 radical (unpaired) electrons. The van der Waals surface area contributed by atoms with E-state index in [1.165, 1.54) is 15.5 Å². The second-order valence-corrected chi connectivity index (χ2v) is 5.87. The number of alkyl halides is 3. The lowest BCUT2D eigenvalue weighted by Crippen LogP contribution is -2.12. The van der Waals surface area contributed by atoms with Crippen LogP contribution in [-0.2, 0) is 12.7 Å². The Bertz CT molecular complexity index is 1060. The van der Waals surface area contributed by atoms with Crippen LogP contribution < -0.4 is 0 Å². The Morgan fingerprint density at radius 2 is 2.08 bits per heavy atom. The third-order valence-corrected chi connectivity index (χ3v) is 3.96. The molecule has 4 aromatic rings. The van der Waals surface area contributed by atoms with E-state index in [0.717, 1.165) is 11.5 Å². The van der Waals surface area contributed by atoms with Crippen LogP contribution in [0, 0.1) is 6.92 Å². The number of aromatic nitrogens is 8. The number of hydrogen-bond acceptors (Lipinski definition) is 5. The molecule has 0 bridgehead atoms. The molecule has 1 atom stereocenters. The molecule has 0 aromatic carbocycles. The molecule has 0 saturated heterocycles. The third-order valence-electron chi connectivity index (χ3n) is 3.96. The van der Waals surface area contributed by atoms with E-state index in [4.69, 9.17) is 0 Å². The molecule has 4 aromatic heterocycles. The molecule has 4 heterocycles. The summed E-state index contributed by atoms with van der Waals surface area (Å²) in [6, 6.07) is 1.03. The SMILES string of the molecule is Cc1cc(C(F)(F)F)nn1C[C@@H](C)c1nc2c3cn[nH]c3ncn2n1. The summed E-state index contributed by atoms with van der Waals surface area (Å²) >= 11 is 0. The second-order valence-electron chi connectivity index (χ2n) is 5.87. The molecule has 8 nitrogen and oxygen atoms in total. The Morgan fingerprint density at radius 1 is 1.28 bits per heavy atom. The Kier molecular flexibility index (Phi) is 3.27. The minimum Gasteiger partial charge on any atom is -0.269 e. The van der Waals surface area contributed by atoms with Crippen molar-refractivity contribution in [1.82, 2.24) is 39.6 Å². The number of aryl methyl sites for hydroxylation is 1. The Hall–Kier alpha value is -2.98. The average molecular weight is 350 g/mol. The molecule has 130 valence electrons. The van der Waals surface area contributed by atoms with Crippen molar-refractivity contribution in [2.75, 3.05) is 0 Å². The van der Waals surface area contributed by atoms with Gasteiger partial charge in [0.2, 0.25) is 0 Å². The standard InChI is InChI=1S/C14H13F3N8/c1-7(5-24-8(2)3-10(22-24)14(15,16)17)11-20-13-9-4-19-21-12(9)18-6-25(13)23-11/h3-4,6-7H,5H2,1-2H3,(H,19,21)/t7-/m1/s1. The number of nitrogens with one attached hydrogen (secondary N) is 1. The van der Waals surface area contributed by atoms with E-state index in [-0.39, 0.29) is 12.5 Å². The molecule has 0 fully saturated rings. The Labute approximate surface area is 138 Å². The lowest BCUT2D eigenvalue weighted by molar-refractivity contribution is -0.141. The summed E-state index contributed by atoms with van der Waals surface area (Å²) < 4.78 is 41.2. The van der Waals surface area contributed by atoms with E-state index in [9.17, 15) is 13.2 Å². The monoisotopic (exact) mass is 350 g/mol. The van der Waals surface area contributed by atoms with Gasteiger partial charge in [-0.1, -0.05) is 6.92 Å². The molecule has 0 unspecified atom stereocenters. The van der Waals surface area contributed by atoms with E-state index in [2.05, 4.69) is 30.4 Å². The van der Waals surface area contributed by atoms with Crippen molar-refractivity contribution in [2.24, 2.45) is 0 Å². The van der Waals surface area contributed by atoms with Gasteiger partial charge in [-0.3, -0.25) is 9.78 Å². The Morgan fingerprint density at radius 3 is 2.80 bits per heavy atom.